The molecule has 2 amide bonds. The number of aromatic nitrogens is 4. The van der Waals surface area contributed by atoms with Gasteiger partial charge >= 0.3 is 0 Å². The second-order valence-electron chi connectivity index (χ2n) is 8.59. The van der Waals surface area contributed by atoms with Crippen molar-refractivity contribution in [3.8, 4) is 0 Å². The van der Waals surface area contributed by atoms with E-state index in [1.807, 2.05) is 27.7 Å². The van der Waals surface area contributed by atoms with Gasteiger partial charge in [0.1, 0.15) is 0 Å². The summed E-state index contributed by atoms with van der Waals surface area (Å²) in [4.78, 5) is 23.6. The number of amides is 2. The number of carbonyl (C=O) groups excluding carboxylic acids is 2. The van der Waals surface area contributed by atoms with Gasteiger partial charge in [0, 0.05) is 25.8 Å². The Hall–Kier alpha value is -2.04. The highest BCUT2D eigenvalue weighted by atomic mass is 32.2. The fraction of sp³-hybridized carbons (Fsp3) is 0.824. The lowest BCUT2D eigenvalue weighted by Gasteiger charge is -2.34. The summed E-state index contributed by atoms with van der Waals surface area (Å²) < 4.78 is 26.3. The van der Waals surface area contributed by atoms with Crippen LogP contribution in [0.3, 0.4) is 0 Å². The third-order valence-electron chi connectivity index (χ3n) is 4.08. The smallest absolute Gasteiger partial charge is 0.234 e. The van der Waals surface area contributed by atoms with E-state index >= 15 is 0 Å². The van der Waals surface area contributed by atoms with E-state index < -0.39 is 21.3 Å². The number of hydrogen-bond acceptors (Lipinski definition) is 7. The number of hydrogen-bond donors (Lipinski definition) is 3. The van der Waals surface area contributed by atoms with Crippen LogP contribution in [0.5, 0.6) is 0 Å². The number of rotatable bonds is 12. The second-order valence-corrected chi connectivity index (χ2v) is 10.4. The number of sulfonamides is 1. The molecule has 160 valence electrons. The van der Waals surface area contributed by atoms with E-state index in [4.69, 9.17) is 0 Å². The molecule has 11 heteroatoms. The summed E-state index contributed by atoms with van der Waals surface area (Å²) in [6.45, 7) is 10.2. The molecular weight excluding hydrogens is 384 g/mol. The topological polar surface area (TPSA) is 147 Å². The number of nitrogens with one attached hydrogen (secondary N) is 3. The highest BCUT2D eigenvalue weighted by molar-refractivity contribution is 7.90. The molecule has 0 aliphatic heterocycles. The van der Waals surface area contributed by atoms with Crippen molar-refractivity contribution in [2.45, 2.75) is 66.7 Å². The van der Waals surface area contributed by atoms with Crippen LogP contribution in [0.4, 0.5) is 0 Å². The van der Waals surface area contributed by atoms with Gasteiger partial charge in [-0.05, 0) is 30.6 Å². The Labute approximate surface area is 166 Å². The Kier molecular flexibility index (Phi) is 8.52. The first-order valence-corrected chi connectivity index (χ1v) is 11.0. The summed E-state index contributed by atoms with van der Waals surface area (Å²) in [5.41, 5.74) is -0.618. The van der Waals surface area contributed by atoms with Crippen LogP contribution in [0, 0.1) is 10.8 Å². The van der Waals surface area contributed by atoms with E-state index in [0.717, 1.165) is 0 Å². The number of carbonyl (C=O) groups is 2. The van der Waals surface area contributed by atoms with E-state index in [9.17, 15) is 18.0 Å². The molecule has 0 aliphatic carbocycles. The highest BCUT2D eigenvalue weighted by Gasteiger charge is 2.32. The predicted octanol–water partition coefficient (Wildman–Crippen LogP) is 0.937. The van der Waals surface area contributed by atoms with Gasteiger partial charge in [0.2, 0.25) is 21.8 Å². The lowest BCUT2D eigenvalue weighted by atomic mass is 9.71. The van der Waals surface area contributed by atoms with E-state index in [1.165, 1.54) is 0 Å². The largest absolute Gasteiger partial charge is 0.356 e. The molecule has 10 nitrogen and oxygen atoms in total. The Balaban J connectivity index is 2.51. The molecule has 0 aromatic carbocycles. The molecule has 0 unspecified atom stereocenters. The van der Waals surface area contributed by atoms with Gasteiger partial charge in [-0.3, -0.25) is 14.3 Å². The van der Waals surface area contributed by atoms with Crippen molar-refractivity contribution in [3.05, 3.63) is 5.82 Å². The van der Waals surface area contributed by atoms with Gasteiger partial charge in [-0.1, -0.05) is 32.9 Å². The highest BCUT2D eigenvalue weighted by Crippen LogP contribution is 2.37. The minimum Gasteiger partial charge on any atom is -0.356 e. The third-order valence-corrected chi connectivity index (χ3v) is 5.45. The first kappa shape index (κ1) is 24.0. The maximum absolute atomic E-state index is 12.3. The molecule has 0 saturated carbocycles. The van der Waals surface area contributed by atoms with E-state index in [1.54, 1.807) is 6.92 Å². The lowest BCUT2D eigenvalue weighted by molar-refractivity contribution is -0.122. The molecule has 1 rings (SSSR count). The standard InChI is InChI=1S/C17H32N6O4S/c1-6-18-14(24)8-7-9-28(26,27)21-15(25)11-17(4,5)12-16(2,3)10-13-19-22-23-20-13/h6-12H2,1-5H3,(H,18,24)(H,21,25)(H,19,20,22,23). The van der Waals surface area contributed by atoms with Crippen molar-refractivity contribution in [1.82, 2.24) is 30.7 Å². The van der Waals surface area contributed by atoms with Gasteiger partial charge in [0.25, 0.3) is 0 Å². The van der Waals surface area contributed by atoms with Crippen LogP contribution in [0.25, 0.3) is 0 Å². The molecule has 1 heterocycles. The SMILES string of the molecule is CCNC(=O)CCCS(=O)(=O)NC(=O)CC(C)(C)CC(C)(C)Cc1nn[nH]n1. The maximum Gasteiger partial charge on any atom is 0.234 e. The first-order valence-electron chi connectivity index (χ1n) is 9.36. The average molecular weight is 417 g/mol. The van der Waals surface area contributed by atoms with Crippen LogP contribution in [0.2, 0.25) is 0 Å². The molecule has 1 aromatic heterocycles. The predicted molar refractivity (Wildman–Crippen MR) is 105 cm³/mol. The van der Waals surface area contributed by atoms with Gasteiger partial charge in [0.05, 0.1) is 5.75 Å². The van der Waals surface area contributed by atoms with Crippen molar-refractivity contribution in [3.63, 3.8) is 0 Å². The average Bonchev–Trinajstić information content (AvgIpc) is 2.96. The zero-order chi connectivity index (χ0) is 21.4. The van der Waals surface area contributed by atoms with Crippen LogP contribution >= 0.6 is 0 Å². The summed E-state index contributed by atoms with van der Waals surface area (Å²) in [5.74, 6) is -0.410. The van der Waals surface area contributed by atoms with Gasteiger partial charge in [-0.15, -0.1) is 10.2 Å². The molecule has 0 bridgehead atoms. The van der Waals surface area contributed by atoms with Crippen molar-refractivity contribution in [2.24, 2.45) is 10.8 Å². The van der Waals surface area contributed by atoms with Crippen LogP contribution in [-0.2, 0) is 26.0 Å². The van der Waals surface area contributed by atoms with Crippen LogP contribution in [0.1, 0.15) is 66.1 Å². The molecule has 0 atom stereocenters. The molecule has 0 saturated heterocycles. The fourth-order valence-corrected chi connectivity index (χ4v) is 4.55. The lowest BCUT2D eigenvalue weighted by Crippen LogP contribution is -2.37. The van der Waals surface area contributed by atoms with Crippen molar-refractivity contribution >= 4 is 21.8 Å². The Morgan fingerprint density at radius 2 is 1.79 bits per heavy atom. The summed E-state index contributed by atoms with van der Waals surface area (Å²) in [6.07, 6.45) is 1.60. The Morgan fingerprint density at radius 1 is 1.11 bits per heavy atom. The zero-order valence-electron chi connectivity index (χ0n) is 17.3. The zero-order valence-corrected chi connectivity index (χ0v) is 18.1. The second kappa shape index (κ2) is 9.94. The Morgan fingerprint density at radius 3 is 2.36 bits per heavy atom. The first-order chi connectivity index (χ1) is 12.8. The van der Waals surface area contributed by atoms with Gasteiger partial charge in [-0.2, -0.15) is 5.21 Å². The van der Waals surface area contributed by atoms with E-state index in [0.29, 0.717) is 25.2 Å². The molecule has 28 heavy (non-hydrogen) atoms. The number of nitrogens with zero attached hydrogens (tertiary/aromatic N) is 3. The van der Waals surface area contributed by atoms with Gasteiger partial charge in [-0.25, -0.2) is 8.42 Å². The third kappa shape index (κ3) is 9.77. The minimum absolute atomic E-state index is 0.0677. The Bertz CT molecular complexity index is 744. The monoisotopic (exact) mass is 416 g/mol. The molecule has 0 radical (unpaired) electrons. The van der Waals surface area contributed by atoms with Gasteiger partial charge in [0.15, 0.2) is 5.82 Å². The van der Waals surface area contributed by atoms with Crippen LogP contribution < -0.4 is 10.0 Å². The normalized spacial score (nSPS) is 12.6. The number of aromatic amines is 1. The summed E-state index contributed by atoms with van der Waals surface area (Å²) in [6, 6.07) is 0. The summed E-state index contributed by atoms with van der Waals surface area (Å²) >= 11 is 0. The van der Waals surface area contributed by atoms with E-state index in [-0.39, 0.29) is 36.3 Å². The summed E-state index contributed by atoms with van der Waals surface area (Å²) in [7, 11) is -3.76. The van der Waals surface area contributed by atoms with E-state index in [2.05, 4.69) is 30.7 Å². The molecule has 3 N–H and O–H groups in total. The number of tetrazole rings is 1. The van der Waals surface area contributed by atoms with Crippen molar-refractivity contribution < 1.29 is 18.0 Å². The molecule has 1 aromatic rings. The van der Waals surface area contributed by atoms with Crippen molar-refractivity contribution in [2.75, 3.05) is 12.3 Å². The quantitative estimate of drug-likeness (QED) is 0.459. The molecule has 0 aliphatic rings. The van der Waals surface area contributed by atoms with Crippen LogP contribution in [0.15, 0.2) is 0 Å². The maximum atomic E-state index is 12.3. The molecule has 0 spiro atoms. The van der Waals surface area contributed by atoms with Crippen LogP contribution in [-0.4, -0.2) is 53.2 Å². The number of H-pyrrole nitrogens is 1. The minimum atomic E-state index is -3.76. The van der Waals surface area contributed by atoms with Crippen molar-refractivity contribution in [1.29, 1.82) is 0 Å². The molecular formula is C17H32N6O4S. The molecule has 0 fully saturated rings. The summed E-state index contributed by atoms with van der Waals surface area (Å²) in [5, 5.41) is 16.5. The fourth-order valence-electron chi connectivity index (χ4n) is 3.51. The van der Waals surface area contributed by atoms with Gasteiger partial charge < -0.3 is 5.32 Å².